The number of aromatic amines is 1. The third-order valence-electron chi connectivity index (χ3n) is 4.52. The van der Waals surface area contributed by atoms with Crippen molar-refractivity contribution in [1.82, 2.24) is 15.0 Å². The molecule has 0 radical (unpaired) electrons. The maximum atomic E-state index is 12.4. The molecule has 12 heteroatoms. The molecule has 0 unspecified atom stereocenters. The first kappa shape index (κ1) is 22.6. The Balaban J connectivity index is 1.96. The molecule has 2 aromatic carbocycles. The van der Waals surface area contributed by atoms with Crippen molar-refractivity contribution >= 4 is 33.7 Å². The van der Waals surface area contributed by atoms with Gasteiger partial charge in [-0.05, 0) is 43.2 Å². The molecule has 0 saturated carbocycles. The van der Waals surface area contributed by atoms with Crippen LogP contribution in [0.25, 0.3) is 5.69 Å². The Hall–Kier alpha value is -4.06. The van der Waals surface area contributed by atoms with Crippen molar-refractivity contribution in [2.45, 2.75) is 13.8 Å². The first-order valence-electron chi connectivity index (χ1n) is 9.03. The number of carbonyl (C=O) groups is 1. The van der Waals surface area contributed by atoms with E-state index in [9.17, 15) is 29.6 Å². The number of nitro benzene ring substituents is 1. The molecule has 3 aromatic rings. The van der Waals surface area contributed by atoms with Crippen LogP contribution in [-0.2, 0) is 0 Å². The fraction of sp³-hybridized carbons (Fsp3) is 0.100. The minimum atomic E-state index is -0.913. The number of H-pyrrole nitrogens is 1. The maximum absolute atomic E-state index is 12.4. The number of nitrogens with one attached hydrogen (secondary N) is 2. The molecule has 3 N–H and O–H groups in total. The van der Waals surface area contributed by atoms with E-state index in [2.05, 4.69) is 31.4 Å². The highest BCUT2D eigenvalue weighted by molar-refractivity contribution is 9.10. The summed E-state index contributed by atoms with van der Waals surface area (Å²) >= 11 is 3.39. The van der Waals surface area contributed by atoms with Crippen LogP contribution in [0.15, 0.2) is 55.6 Å². The molecule has 1 heterocycles. The largest absolute Gasteiger partial charge is 0.493 e. The van der Waals surface area contributed by atoms with Gasteiger partial charge in [-0.3, -0.25) is 24.7 Å². The summed E-state index contributed by atoms with van der Waals surface area (Å²) in [5.41, 5.74) is 1.47. The summed E-state index contributed by atoms with van der Waals surface area (Å²) in [5.74, 6) is -1.44. The monoisotopic (exact) mass is 501 g/mol. The zero-order valence-electron chi connectivity index (χ0n) is 16.7. The normalized spacial score (nSPS) is 11.0. The van der Waals surface area contributed by atoms with Gasteiger partial charge in [0.2, 0.25) is 5.88 Å². The lowest BCUT2D eigenvalue weighted by Crippen LogP contribution is -2.32. The second-order valence-electron chi connectivity index (χ2n) is 6.73. The van der Waals surface area contributed by atoms with Crippen LogP contribution in [0.2, 0.25) is 0 Å². The number of aryl methyl sites for hydroxylation is 2. The number of aromatic hydroxyl groups is 1. The number of amides is 1. The third-order valence-corrected chi connectivity index (χ3v) is 5.37. The molecule has 0 bridgehead atoms. The van der Waals surface area contributed by atoms with Crippen molar-refractivity contribution in [2.75, 3.05) is 0 Å². The number of hydrazone groups is 1. The minimum absolute atomic E-state index is 0.0274. The molecule has 1 aromatic heterocycles. The number of rotatable bonds is 5. The predicted octanol–water partition coefficient (Wildman–Crippen LogP) is 2.28. The standard InChI is InChI=1S/C20H16BrN5O6/c1-10-7-16(11(2)6-15(10)21)25-19(29)14(18(28)23-20(25)30)9-22-24-17(27)12-4-3-5-13(8-12)26(31)32/h3-9,29H,1-2H3,(H,24,27)(H,23,28,30). The highest BCUT2D eigenvalue weighted by Crippen LogP contribution is 2.25. The second kappa shape index (κ2) is 8.98. The highest BCUT2D eigenvalue weighted by atomic mass is 79.9. The number of aromatic nitrogens is 2. The van der Waals surface area contributed by atoms with Crippen molar-refractivity contribution in [1.29, 1.82) is 0 Å². The predicted molar refractivity (Wildman–Crippen MR) is 120 cm³/mol. The topological polar surface area (TPSA) is 160 Å². The summed E-state index contributed by atoms with van der Waals surface area (Å²) < 4.78 is 1.72. The van der Waals surface area contributed by atoms with Crippen LogP contribution in [0, 0.1) is 24.0 Å². The number of benzene rings is 2. The lowest BCUT2D eigenvalue weighted by Gasteiger charge is -2.13. The quantitative estimate of drug-likeness (QED) is 0.276. The molecule has 0 aliphatic rings. The Kier molecular flexibility index (Phi) is 6.35. The number of carbonyl (C=O) groups excluding carboxylic acids is 1. The Morgan fingerprint density at radius 1 is 1.25 bits per heavy atom. The first-order valence-corrected chi connectivity index (χ1v) is 9.82. The smallest absolute Gasteiger partial charge is 0.335 e. The highest BCUT2D eigenvalue weighted by Gasteiger charge is 2.17. The van der Waals surface area contributed by atoms with E-state index >= 15 is 0 Å². The lowest BCUT2D eigenvalue weighted by molar-refractivity contribution is -0.384. The van der Waals surface area contributed by atoms with Gasteiger partial charge < -0.3 is 5.11 Å². The van der Waals surface area contributed by atoms with Crippen LogP contribution < -0.4 is 16.7 Å². The molecule has 0 fully saturated rings. The van der Waals surface area contributed by atoms with Gasteiger partial charge in [-0.25, -0.2) is 14.8 Å². The van der Waals surface area contributed by atoms with E-state index in [0.29, 0.717) is 11.3 Å². The minimum Gasteiger partial charge on any atom is -0.493 e. The average molecular weight is 502 g/mol. The summed E-state index contributed by atoms with van der Waals surface area (Å²) in [4.78, 5) is 49.1. The summed E-state index contributed by atoms with van der Waals surface area (Å²) in [6, 6.07) is 8.39. The van der Waals surface area contributed by atoms with Gasteiger partial charge in [-0.2, -0.15) is 5.10 Å². The SMILES string of the molecule is Cc1cc(-n2c(O)c(C=NNC(=O)c3cccc([N+](=O)[O-])c3)c(=O)[nH]c2=O)c(C)cc1Br. The van der Waals surface area contributed by atoms with Crippen LogP contribution in [0.4, 0.5) is 5.69 Å². The number of hydrogen-bond donors (Lipinski definition) is 3. The lowest BCUT2D eigenvalue weighted by atomic mass is 10.1. The van der Waals surface area contributed by atoms with Gasteiger partial charge in [-0.15, -0.1) is 0 Å². The summed E-state index contributed by atoms with van der Waals surface area (Å²) in [7, 11) is 0. The molecule has 0 saturated heterocycles. The van der Waals surface area contributed by atoms with Gasteiger partial charge in [0.1, 0.15) is 5.56 Å². The van der Waals surface area contributed by atoms with E-state index in [4.69, 9.17) is 0 Å². The Morgan fingerprint density at radius 3 is 2.66 bits per heavy atom. The molecular formula is C20H16BrN5O6. The number of nitro groups is 1. The van der Waals surface area contributed by atoms with Gasteiger partial charge in [0.05, 0.1) is 16.8 Å². The van der Waals surface area contributed by atoms with Crippen molar-refractivity contribution in [3.63, 3.8) is 0 Å². The van der Waals surface area contributed by atoms with E-state index in [1.165, 1.54) is 18.2 Å². The van der Waals surface area contributed by atoms with Crippen LogP contribution in [-0.4, -0.2) is 31.7 Å². The van der Waals surface area contributed by atoms with Crippen molar-refractivity contribution < 1.29 is 14.8 Å². The molecule has 1 amide bonds. The molecule has 0 atom stereocenters. The number of hydrogen-bond acceptors (Lipinski definition) is 7. The van der Waals surface area contributed by atoms with Crippen LogP contribution >= 0.6 is 15.9 Å². The maximum Gasteiger partial charge on any atom is 0.335 e. The number of halogens is 1. The molecule has 11 nitrogen and oxygen atoms in total. The van der Waals surface area contributed by atoms with Crippen molar-refractivity contribution in [3.8, 4) is 11.6 Å². The molecule has 3 rings (SSSR count). The van der Waals surface area contributed by atoms with Gasteiger partial charge in [0.15, 0.2) is 0 Å². The van der Waals surface area contributed by atoms with Gasteiger partial charge in [0, 0.05) is 22.2 Å². The number of nitrogens with zero attached hydrogens (tertiary/aromatic N) is 3. The Bertz CT molecular complexity index is 1390. The Morgan fingerprint density at radius 2 is 1.97 bits per heavy atom. The summed E-state index contributed by atoms with van der Waals surface area (Å²) in [6.45, 7) is 3.52. The molecular weight excluding hydrogens is 486 g/mol. The summed E-state index contributed by atoms with van der Waals surface area (Å²) in [5, 5.41) is 25.1. The van der Waals surface area contributed by atoms with E-state index < -0.39 is 28.0 Å². The fourth-order valence-corrected chi connectivity index (χ4v) is 3.32. The summed E-state index contributed by atoms with van der Waals surface area (Å²) in [6.07, 6.45) is 0.875. The van der Waals surface area contributed by atoms with E-state index in [1.807, 2.05) is 0 Å². The average Bonchev–Trinajstić information content (AvgIpc) is 2.73. The zero-order chi connectivity index (χ0) is 23.6. The van der Waals surface area contributed by atoms with Crippen LogP contribution in [0.5, 0.6) is 5.88 Å². The molecule has 164 valence electrons. The van der Waals surface area contributed by atoms with Crippen LogP contribution in [0.3, 0.4) is 0 Å². The van der Waals surface area contributed by atoms with E-state index in [1.54, 1.807) is 26.0 Å². The molecule has 32 heavy (non-hydrogen) atoms. The zero-order valence-corrected chi connectivity index (χ0v) is 18.3. The Labute approximate surface area is 188 Å². The first-order chi connectivity index (χ1) is 15.1. The molecule has 0 spiro atoms. The fourth-order valence-electron chi connectivity index (χ4n) is 2.87. The number of non-ortho nitro benzene ring substituents is 1. The van der Waals surface area contributed by atoms with Gasteiger partial charge >= 0.3 is 5.69 Å². The third kappa shape index (κ3) is 4.49. The molecule has 0 aliphatic carbocycles. The van der Waals surface area contributed by atoms with Gasteiger partial charge in [-0.1, -0.05) is 22.0 Å². The van der Waals surface area contributed by atoms with E-state index in [-0.39, 0.29) is 16.8 Å². The van der Waals surface area contributed by atoms with Gasteiger partial charge in [0.25, 0.3) is 17.2 Å². The van der Waals surface area contributed by atoms with E-state index in [0.717, 1.165) is 26.9 Å². The van der Waals surface area contributed by atoms with Crippen molar-refractivity contribution in [3.05, 3.63) is 94.1 Å². The van der Waals surface area contributed by atoms with Crippen molar-refractivity contribution in [2.24, 2.45) is 5.10 Å². The molecule has 0 aliphatic heterocycles. The second-order valence-corrected chi connectivity index (χ2v) is 7.58. The van der Waals surface area contributed by atoms with Crippen LogP contribution in [0.1, 0.15) is 27.0 Å².